The Morgan fingerprint density at radius 2 is 2.20 bits per heavy atom. The Bertz CT molecular complexity index is 363. The Hall–Kier alpha value is -1.38. The number of hydrogen-bond donors (Lipinski definition) is 0. The van der Waals surface area contributed by atoms with Crippen molar-refractivity contribution in [1.29, 1.82) is 0 Å². The maximum Gasteiger partial charge on any atom is 0.312 e. The van der Waals surface area contributed by atoms with Crippen molar-refractivity contribution in [3.8, 4) is 0 Å². The second-order valence-corrected chi connectivity index (χ2v) is 3.74. The third-order valence-electron chi connectivity index (χ3n) is 2.72. The van der Waals surface area contributed by atoms with Crippen molar-refractivity contribution >= 4 is 5.97 Å². The molecule has 0 N–H and O–H groups in total. The molecule has 0 aliphatic heterocycles. The zero-order valence-corrected chi connectivity index (χ0v) is 8.57. The van der Waals surface area contributed by atoms with Crippen LogP contribution in [-0.2, 0) is 15.2 Å². The van der Waals surface area contributed by atoms with Crippen LogP contribution in [0, 0.1) is 5.92 Å². The van der Waals surface area contributed by atoms with Crippen molar-refractivity contribution in [2.75, 3.05) is 6.61 Å². The molecule has 1 aliphatic rings. The fraction of sp³-hybridized carbons (Fsp3) is 0.417. The molecule has 15 heavy (non-hydrogen) atoms. The molecule has 1 aromatic carbocycles. The van der Waals surface area contributed by atoms with E-state index in [2.05, 4.69) is 0 Å². The van der Waals surface area contributed by atoms with Crippen LogP contribution < -0.4 is 0 Å². The van der Waals surface area contributed by atoms with Gasteiger partial charge in [0, 0.05) is 6.42 Å². The number of benzene rings is 1. The first-order valence-electron chi connectivity index (χ1n) is 5.09. The normalized spacial score (nSPS) is 28.5. The van der Waals surface area contributed by atoms with Gasteiger partial charge in [-0.3, -0.25) is 4.79 Å². The molecule has 1 aromatic rings. The first-order valence-corrected chi connectivity index (χ1v) is 5.09. The van der Waals surface area contributed by atoms with E-state index in [0.717, 1.165) is 0 Å². The Morgan fingerprint density at radius 3 is 2.80 bits per heavy atom. The van der Waals surface area contributed by atoms with Crippen molar-refractivity contribution in [1.82, 2.24) is 0 Å². The summed E-state index contributed by atoms with van der Waals surface area (Å²) >= 11 is 0. The van der Waals surface area contributed by atoms with Crippen LogP contribution in [0.5, 0.6) is 0 Å². The number of esters is 1. The largest absolute Gasteiger partial charge is 0.466 e. The minimum Gasteiger partial charge on any atom is -0.466 e. The molecule has 0 aromatic heterocycles. The smallest absolute Gasteiger partial charge is 0.312 e. The van der Waals surface area contributed by atoms with Crippen LogP contribution in [-0.4, -0.2) is 12.6 Å². The third-order valence-corrected chi connectivity index (χ3v) is 2.72. The number of rotatable bonds is 3. The van der Waals surface area contributed by atoms with Crippen molar-refractivity contribution in [3.63, 3.8) is 0 Å². The lowest BCUT2D eigenvalue weighted by molar-refractivity contribution is -0.145. The van der Waals surface area contributed by atoms with Crippen LogP contribution in [0.15, 0.2) is 30.3 Å². The standard InChI is InChI=1S/C12H13FO2/c1-2-15-11(14)10-8-12(10,13)9-6-4-3-5-7-9/h3-7,10H,2,8H2,1H3/t10-,12+/m1/s1. The quantitative estimate of drug-likeness (QED) is 0.713. The van der Waals surface area contributed by atoms with Crippen molar-refractivity contribution in [2.24, 2.45) is 5.92 Å². The van der Waals surface area contributed by atoms with Gasteiger partial charge in [-0.15, -0.1) is 0 Å². The maximum absolute atomic E-state index is 14.2. The molecule has 1 aliphatic carbocycles. The average Bonchev–Trinajstić information content (AvgIpc) is 2.94. The highest BCUT2D eigenvalue weighted by Gasteiger charge is 2.61. The summed E-state index contributed by atoms with van der Waals surface area (Å²) in [7, 11) is 0. The minimum absolute atomic E-state index is 0.246. The zero-order valence-electron chi connectivity index (χ0n) is 8.57. The molecule has 0 saturated heterocycles. The summed E-state index contributed by atoms with van der Waals surface area (Å²) in [6, 6.07) is 8.79. The molecule has 0 bridgehead atoms. The predicted molar refractivity (Wildman–Crippen MR) is 54.0 cm³/mol. The van der Waals surface area contributed by atoms with E-state index in [0.29, 0.717) is 12.2 Å². The number of carbonyl (C=O) groups is 1. The zero-order chi connectivity index (χ0) is 10.9. The van der Waals surface area contributed by atoms with Gasteiger partial charge >= 0.3 is 5.97 Å². The number of ether oxygens (including phenoxy) is 1. The molecule has 0 unspecified atom stereocenters. The molecular formula is C12H13FO2. The van der Waals surface area contributed by atoms with Gasteiger partial charge < -0.3 is 4.74 Å². The van der Waals surface area contributed by atoms with E-state index >= 15 is 0 Å². The molecule has 3 heteroatoms. The highest BCUT2D eigenvalue weighted by molar-refractivity contribution is 5.78. The molecule has 2 rings (SSSR count). The van der Waals surface area contributed by atoms with Gasteiger partial charge in [-0.1, -0.05) is 30.3 Å². The fourth-order valence-electron chi connectivity index (χ4n) is 1.79. The van der Waals surface area contributed by atoms with E-state index in [-0.39, 0.29) is 6.42 Å². The molecule has 2 atom stereocenters. The third kappa shape index (κ3) is 1.74. The van der Waals surface area contributed by atoms with Crippen molar-refractivity contribution in [2.45, 2.75) is 19.0 Å². The summed E-state index contributed by atoms with van der Waals surface area (Å²) in [5.74, 6) is -1.04. The van der Waals surface area contributed by atoms with Gasteiger partial charge in [0.2, 0.25) is 0 Å². The lowest BCUT2D eigenvalue weighted by atomic mass is 10.1. The molecular weight excluding hydrogens is 195 g/mol. The molecule has 1 saturated carbocycles. The predicted octanol–water partition coefficient (Wildman–Crippen LogP) is 2.43. The van der Waals surface area contributed by atoms with E-state index in [9.17, 15) is 9.18 Å². The topological polar surface area (TPSA) is 26.3 Å². The summed E-state index contributed by atoms with van der Waals surface area (Å²) < 4.78 is 19.0. The lowest BCUT2D eigenvalue weighted by Crippen LogP contribution is -2.13. The first kappa shape index (κ1) is 10.1. The Morgan fingerprint density at radius 1 is 1.53 bits per heavy atom. The number of halogens is 1. The van der Waals surface area contributed by atoms with E-state index in [4.69, 9.17) is 4.74 Å². The lowest BCUT2D eigenvalue weighted by Gasteiger charge is -2.07. The number of alkyl halides is 1. The van der Waals surface area contributed by atoms with Gasteiger partial charge in [0.15, 0.2) is 0 Å². The SMILES string of the molecule is CCOC(=O)[C@H]1C[C@]1(F)c1ccccc1. The second kappa shape index (κ2) is 3.65. The molecule has 0 heterocycles. The van der Waals surface area contributed by atoms with Crippen molar-refractivity contribution in [3.05, 3.63) is 35.9 Å². The van der Waals surface area contributed by atoms with E-state index in [1.54, 1.807) is 31.2 Å². The van der Waals surface area contributed by atoms with Crippen LogP contribution in [0.2, 0.25) is 0 Å². The van der Waals surface area contributed by atoms with Gasteiger partial charge in [-0.05, 0) is 12.5 Å². The molecule has 80 valence electrons. The summed E-state index contributed by atoms with van der Waals surface area (Å²) in [5, 5.41) is 0. The van der Waals surface area contributed by atoms with E-state index < -0.39 is 17.6 Å². The van der Waals surface area contributed by atoms with Crippen LogP contribution >= 0.6 is 0 Å². The number of hydrogen-bond acceptors (Lipinski definition) is 2. The average molecular weight is 208 g/mol. The minimum atomic E-state index is -1.49. The summed E-state index contributed by atoms with van der Waals surface area (Å²) in [4.78, 5) is 11.3. The highest BCUT2D eigenvalue weighted by atomic mass is 19.1. The molecule has 0 amide bonds. The Balaban J connectivity index is 2.10. The molecule has 1 fully saturated rings. The van der Waals surface area contributed by atoms with Gasteiger partial charge in [-0.2, -0.15) is 0 Å². The van der Waals surface area contributed by atoms with Gasteiger partial charge in [0.25, 0.3) is 0 Å². The van der Waals surface area contributed by atoms with Crippen molar-refractivity contribution < 1.29 is 13.9 Å². The van der Waals surface area contributed by atoms with Gasteiger partial charge in [0.05, 0.1) is 12.5 Å². The van der Waals surface area contributed by atoms with E-state index in [1.165, 1.54) is 0 Å². The summed E-state index contributed by atoms with van der Waals surface area (Å²) in [5.41, 5.74) is -0.920. The Labute approximate surface area is 88.1 Å². The molecule has 2 nitrogen and oxygen atoms in total. The molecule has 0 radical (unpaired) electrons. The highest BCUT2D eigenvalue weighted by Crippen LogP contribution is 2.56. The summed E-state index contributed by atoms with van der Waals surface area (Å²) in [6.07, 6.45) is 0.246. The monoisotopic (exact) mass is 208 g/mol. The molecule has 0 spiro atoms. The Kier molecular flexibility index (Phi) is 2.47. The van der Waals surface area contributed by atoms with Crippen LogP contribution in [0.25, 0.3) is 0 Å². The second-order valence-electron chi connectivity index (χ2n) is 3.74. The number of carbonyl (C=O) groups excluding carboxylic acids is 1. The van der Waals surface area contributed by atoms with Gasteiger partial charge in [0.1, 0.15) is 5.67 Å². The van der Waals surface area contributed by atoms with Gasteiger partial charge in [-0.25, -0.2) is 4.39 Å². The maximum atomic E-state index is 14.2. The van der Waals surface area contributed by atoms with Crippen LogP contribution in [0.4, 0.5) is 4.39 Å². The summed E-state index contributed by atoms with van der Waals surface area (Å²) in [6.45, 7) is 2.03. The first-order chi connectivity index (χ1) is 7.18. The van der Waals surface area contributed by atoms with Crippen LogP contribution in [0.1, 0.15) is 18.9 Å². The van der Waals surface area contributed by atoms with Crippen LogP contribution in [0.3, 0.4) is 0 Å². The fourth-order valence-corrected chi connectivity index (χ4v) is 1.79. The van der Waals surface area contributed by atoms with E-state index in [1.807, 2.05) is 6.07 Å².